The number of hydrogen-bond donors (Lipinski definition) is 3. The van der Waals surface area contributed by atoms with Gasteiger partial charge in [-0.05, 0) is 36.6 Å². The summed E-state index contributed by atoms with van der Waals surface area (Å²) in [6, 6.07) is 3.53. The molecule has 1 aliphatic heterocycles. The summed E-state index contributed by atoms with van der Waals surface area (Å²) in [5.41, 5.74) is -0.0934. The fraction of sp³-hybridized carbons (Fsp3) is 0.421. The lowest BCUT2D eigenvalue weighted by Gasteiger charge is -2.26. The molecule has 0 spiro atoms. The molecule has 1 aromatic carbocycles. The van der Waals surface area contributed by atoms with Gasteiger partial charge in [-0.2, -0.15) is 4.37 Å². The molecule has 0 atom stereocenters. The summed E-state index contributed by atoms with van der Waals surface area (Å²) in [7, 11) is 0. The molecule has 0 aliphatic carbocycles. The lowest BCUT2D eigenvalue weighted by molar-refractivity contribution is 0.0375. The van der Waals surface area contributed by atoms with Crippen molar-refractivity contribution in [3.05, 3.63) is 40.2 Å². The van der Waals surface area contributed by atoms with Crippen molar-refractivity contribution in [3.8, 4) is 5.88 Å². The van der Waals surface area contributed by atoms with Gasteiger partial charge in [0.15, 0.2) is 5.56 Å². The number of rotatable bonds is 9. The second-order valence-corrected chi connectivity index (χ2v) is 7.92. The van der Waals surface area contributed by atoms with Gasteiger partial charge in [-0.3, -0.25) is 10.2 Å². The number of amides is 2. The molecule has 9 nitrogen and oxygen atoms in total. The van der Waals surface area contributed by atoms with Crippen LogP contribution in [-0.2, 0) is 11.3 Å². The minimum Gasteiger partial charge on any atom is -0.477 e. The minimum absolute atomic E-state index is 0.0322. The average molecular weight is 473 g/mol. The molecule has 1 aliphatic rings. The van der Waals surface area contributed by atoms with E-state index in [1.165, 1.54) is 12.1 Å². The van der Waals surface area contributed by atoms with Crippen LogP contribution in [0.3, 0.4) is 0 Å². The maximum atomic E-state index is 13.9. The van der Waals surface area contributed by atoms with Crippen LogP contribution in [0.4, 0.5) is 14.2 Å². The summed E-state index contributed by atoms with van der Waals surface area (Å²) >= 11 is 6.49. The predicted octanol–water partition coefficient (Wildman–Crippen LogP) is 3.06. The van der Waals surface area contributed by atoms with E-state index in [0.29, 0.717) is 19.8 Å². The number of carboxylic acid groups (broad SMARTS) is 1. The van der Waals surface area contributed by atoms with E-state index in [0.717, 1.165) is 43.7 Å². The maximum absolute atomic E-state index is 13.9. The molecule has 31 heavy (non-hydrogen) atoms. The number of hydrogen-bond acceptors (Lipinski definition) is 7. The molecule has 0 saturated carbocycles. The highest BCUT2D eigenvalue weighted by atomic mass is 35.5. The van der Waals surface area contributed by atoms with Gasteiger partial charge in [0.25, 0.3) is 0 Å². The largest absolute Gasteiger partial charge is 0.477 e. The standard InChI is InChI=1S/C19H22ClFN4O5S/c20-13-3-2-12(14(21)10-13)11-30-16-15(18(26)27)17(31-24-16)23-19(28)22-4-1-5-25-6-8-29-9-7-25/h2-3,10H,1,4-9,11H2,(H,26,27)(H2,22,23,28). The monoisotopic (exact) mass is 472 g/mol. The van der Waals surface area contributed by atoms with Crippen molar-refractivity contribution in [1.29, 1.82) is 0 Å². The van der Waals surface area contributed by atoms with E-state index in [2.05, 4.69) is 19.9 Å². The molecule has 2 amide bonds. The highest BCUT2D eigenvalue weighted by Crippen LogP contribution is 2.31. The zero-order chi connectivity index (χ0) is 22.2. The predicted molar refractivity (Wildman–Crippen MR) is 114 cm³/mol. The molecule has 3 N–H and O–H groups in total. The van der Waals surface area contributed by atoms with Gasteiger partial charge in [-0.25, -0.2) is 14.0 Å². The number of nitrogens with zero attached hydrogens (tertiary/aromatic N) is 2. The summed E-state index contributed by atoms with van der Waals surface area (Å²) in [5, 5.41) is 15.0. The first kappa shape index (κ1) is 23.2. The Hall–Kier alpha value is -2.47. The summed E-state index contributed by atoms with van der Waals surface area (Å²) in [6.07, 6.45) is 0.753. The van der Waals surface area contributed by atoms with Crippen molar-refractivity contribution in [2.45, 2.75) is 13.0 Å². The van der Waals surface area contributed by atoms with Gasteiger partial charge < -0.3 is 19.9 Å². The SMILES string of the molecule is O=C(NCCCN1CCOCC1)Nc1snc(OCc2ccc(Cl)cc2F)c1C(=O)O. The number of ether oxygens (including phenoxy) is 2. The first-order valence-corrected chi connectivity index (χ1v) is 10.7. The van der Waals surface area contributed by atoms with E-state index in [9.17, 15) is 19.1 Å². The van der Waals surface area contributed by atoms with Crippen LogP contribution < -0.4 is 15.4 Å². The number of halogens is 2. The van der Waals surface area contributed by atoms with E-state index in [1.807, 2.05) is 0 Å². The number of carboxylic acids is 1. The highest BCUT2D eigenvalue weighted by molar-refractivity contribution is 7.11. The number of carbonyl (C=O) groups excluding carboxylic acids is 1. The lowest BCUT2D eigenvalue weighted by Crippen LogP contribution is -2.38. The molecule has 1 aromatic heterocycles. The van der Waals surface area contributed by atoms with Crippen LogP contribution in [0.15, 0.2) is 18.2 Å². The molecular weight excluding hydrogens is 451 g/mol. The van der Waals surface area contributed by atoms with Gasteiger partial charge in [0.2, 0.25) is 5.88 Å². The maximum Gasteiger partial charge on any atom is 0.344 e. The fourth-order valence-corrected chi connectivity index (χ4v) is 3.79. The molecule has 1 saturated heterocycles. The average Bonchev–Trinajstić information content (AvgIpc) is 3.14. The highest BCUT2D eigenvalue weighted by Gasteiger charge is 2.23. The topological polar surface area (TPSA) is 113 Å². The second kappa shape index (κ2) is 11.2. The summed E-state index contributed by atoms with van der Waals surface area (Å²) in [4.78, 5) is 26.0. The van der Waals surface area contributed by atoms with Crippen LogP contribution in [0.2, 0.25) is 5.02 Å². The van der Waals surface area contributed by atoms with Gasteiger partial charge in [0.05, 0.1) is 13.2 Å². The van der Waals surface area contributed by atoms with E-state index in [1.54, 1.807) is 0 Å². The third kappa shape index (κ3) is 6.76. The number of urea groups is 1. The zero-order valence-electron chi connectivity index (χ0n) is 16.5. The first-order valence-electron chi connectivity index (χ1n) is 9.58. The molecule has 1 fully saturated rings. The van der Waals surface area contributed by atoms with Crippen LogP contribution in [0.5, 0.6) is 5.88 Å². The first-order chi connectivity index (χ1) is 14.9. The number of aromatic nitrogens is 1. The quantitative estimate of drug-likeness (QED) is 0.481. The summed E-state index contributed by atoms with van der Waals surface area (Å²) in [6.45, 7) is 4.21. The number of aromatic carboxylic acids is 1. The number of nitrogens with one attached hydrogen (secondary N) is 2. The Morgan fingerprint density at radius 3 is 2.84 bits per heavy atom. The molecule has 3 rings (SSSR count). The van der Waals surface area contributed by atoms with Gasteiger partial charge in [-0.15, -0.1) is 0 Å². The zero-order valence-corrected chi connectivity index (χ0v) is 18.1. The smallest absolute Gasteiger partial charge is 0.344 e. The third-order valence-corrected chi connectivity index (χ3v) is 5.50. The summed E-state index contributed by atoms with van der Waals surface area (Å²) < 4.78 is 28.5. The van der Waals surface area contributed by atoms with Crippen molar-refractivity contribution in [2.24, 2.45) is 0 Å². The Labute approximate surface area is 187 Å². The normalized spacial score (nSPS) is 14.3. The van der Waals surface area contributed by atoms with E-state index in [-0.39, 0.29) is 33.6 Å². The van der Waals surface area contributed by atoms with Gasteiger partial charge >= 0.3 is 12.0 Å². The van der Waals surface area contributed by atoms with E-state index >= 15 is 0 Å². The van der Waals surface area contributed by atoms with Crippen molar-refractivity contribution < 1.29 is 28.6 Å². The Morgan fingerprint density at radius 1 is 1.35 bits per heavy atom. The number of anilines is 1. The second-order valence-electron chi connectivity index (χ2n) is 6.71. The van der Waals surface area contributed by atoms with Crippen LogP contribution in [0.1, 0.15) is 22.3 Å². The molecule has 0 bridgehead atoms. The van der Waals surface area contributed by atoms with Crippen LogP contribution in [-0.4, -0.2) is 65.8 Å². The number of benzene rings is 1. The Bertz CT molecular complexity index is 923. The van der Waals surface area contributed by atoms with Gasteiger partial charge in [-0.1, -0.05) is 17.7 Å². The molecule has 0 unspecified atom stereocenters. The molecule has 2 aromatic rings. The minimum atomic E-state index is -1.32. The Balaban J connectivity index is 1.51. The van der Waals surface area contributed by atoms with Crippen molar-refractivity contribution >= 4 is 40.1 Å². The Kier molecular flexibility index (Phi) is 8.41. The molecule has 12 heteroatoms. The molecule has 168 valence electrons. The van der Waals surface area contributed by atoms with Crippen molar-refractivity contribution in [3.63, 3.8) is 0 Å². The lowest BCUT2D eigenvalue weighted by atomic mass is 10.2. The molecule has 2 heterocycles. The number of carbonyl (C=O) groups is 2. The van der Waals surface area contributed by atoms with Crippen LogP contribution >= 0.6 is 23.1 Å². The van der Waals surface area contributed by atoms with Crippen molar-refractivity contribution in [1.82, 2.24) is 14.6 Å². The van der Waals surface area contributed by atoms with Crippen molar-refractivity contribution in [2.75, 3.05) is 44.7 Å². The summed E-state index contributed by atoms with van der Waals surface area (Å²) in [5.74, 6) is -2.09. The molecule has 0 radical (unpaired) electrons. The molecular formula is C19H22ClFN4O5S. The van der Waals surface area contributed by atoms with Crippen LogP contribution in [0, 0.1) is 5.82 Å². The Morgan fingerprint density at radius 2 is 2.13 bits per heavy atom. The van der Waals surface area contributed by atoms with E-state index < -0.39 is 17.8 Å². The van der Waals surface area contributed by atoms with Crippen LogP contribution in [0.25, 0.3) is 0 Å². The number of morpholine rings is 1. The van der Waals surface area contributed by atoms with Gasteiger partial charge in [0.1, 0.15) is 17.4 Å². The van der Waals surface area contributed by atoms with E-state index in [4.69, 9.17) is 21.1 Å². The fourth-order valence-electron chi connectivity index (χ4n) is 2.91. The van der Waals surface area contributed by atoms with Gasteiger partial charge in [0, 0.05) is 30.2 Å². The third-order valence-electron chi connectivity index (χ3n) is 4.52.